The van der Waals surface area contributed by atoms with Crippen LogP contribution >= 0.6 is 15.9 Å². The van der Waals surface area contributed by atoms with Crippen molar-refractivity contribution in [1.82, 2.24) is 0 Å². The molecule has 0 saturated carbocycles. The number of aryl methyl sites for hydroxylation is 2. The molecule has 0 saturated heterocycles. The number of halogens is 3. The maximum atomic E-state index is 13.7. The molecule has 0 radical (unpaired) electrons. The van der Waals surface area contributed by atoms with E-state index in [0.717, 1.165) is 28.8 Å². The fraction of sp³-hybridized carbons (Fsp3) is 0.188. The quantitative estimate of drug-likeness (QED) is 0.582. The highest BCUT2D eigenvalue weighted by Crippen LogP contribution is 2.22. The summed E-state index contributed by atoms with van der Waals surface area (Å²) >= 11 is 2.89. The van der Waals surface area contributed by atoms with Gasteiger partial charge in [-0.05, 0) is 53.0 Å². The van der Waals surface area contributed by atoms with E-state index in [0.29, 0.717) is 0 Å². The van der Waals surface area contributed by atoms with Gasteiger partial charge < -0.3 is 0 Å². The number of rotatable bonds is 3. The van der Waals surface area contributed by atoms with Gasteiger partial charge in [0.05, 0.1) is 10.0 Å². The predicted molar refractivity (Wildman–Crippen MR) is 78.0 cm³/mol. The molecule has 0 amide bonds. The summed E-state index contributed by atoms with van der Waals surface area (Å²) in [5, 5.41) is 0. The van der Waals surface area contributed by atoms with Crippen molar-refractivity contribution in [3.05, 3.63) is 68.7 Å². The van der Waals surface area contributed by atoms with Crippen molar-refractivity contribution < 1.29 is 13.6 Å². The van der Waals surface area contributed by atoms with Crippen LogP contribution in [-0.4, -0.2) is 5.78 Å². The standard InChI is InChI=1S/C16H13BrF2O/c1-9-3-4-10(2)11(5-9)6-16(20)12-7-15(19)13(17)8-14(12)18/h3-5,7-8H,6H2,1-2H3. The number of benzene rings is 2. The molecule has 0 aliphatic carbocycles. The van der Waals surface area contributed by atoms with Crippen molar-refractivity contribution in [1.29, 1.82) is 0 Å². The molecule has 0 bridgehead atoms. The number of carbonyl (C=O) groups is 1. The topological polar surface area (TPSA) is 17.1 Å². The van der Waals surface area contributed by atoms with Crippen molar-refractivity contribution >= 4 is 21.7 Å². The van der Waals surface area contributed by atoms with Gasteiger partial charge in [0.15, 0.2) is 5.78 Å². The van der Waals surface area contributed by atoms with Crippen LogP contribution < -0.4 is 0 Å². The largest absolute Gasteiger partial charge is 0.294 e. The van der Waals surface area contributed by atoms with Crippen LogP contribution in [0.1, 0.15) is 27.0 Å². The van der Waals surface area contributed by atoms with Gasteiger partial charge in [0.25, 0.3) is 0 Å². The number of Topliss-reactive ketones (excluding diaryl/α,β-unsaturated/α-hetero) is 1. The molecule has 20 heavy (non-hydrogen) atoms. The molecule has 104 valence electrons. The minimum Gasteiger partial charge on any atom is -0.294 e. The summed E-state index contributed by atoms with van der Waals surface area (Å²) in [5.41, 5.74) is 2.60. The lowest BCUT2D eigenvalue weighted by Crippen LogP contribution is -2.08. The van der Waals surface area contributed by atoms with Gasteiger partial charge in [-0.25, -0.2) is 8.78 Å². The maximum Gasteiger partial charge on any atom is 0.170 e. The average Bonchev–Trinajstić information content (AvgIpc) is 2.38. The van der Waals surface area contributed by atoms with Gasteiger partial charge in [0.2, 0.25) is 0 Å². The van der Waals surface area contributed by atoms with E-state index in [4.69, 9.17) is 0 Å². The third-order valence-electron chi connectivity index (χ3n) is 3.17. The van der Waals surface area contributed by atoms with Gasteiger partial charge in [-0.1, -0.05) is 23.8 Å². The summed E-state index contributed by atoms with van der Waals surface area (Å²) in [5.74, 6) is -1.79. The highest BCUT2D eigenvalue weighted by Gasteiger charge is 2.16. The molecule has 2 aromatic carbocycles. The molecule has 0 N–H and O–H groups in total. The Kier molecular flexibility index (Phi) is 4.33. The van der Waals surface area contributed by atoms with Crippen LogP contribution in [0.5, 0.6) is 0 Å². The van der Waals surface area contributed by atoms with Gasteiger partial charge in [0, 0.05) is 6.42 Å². The van der Waals surface area contributed by atoms with E-state index in [9.17, 15) is 13.6 Å². The first-order valence-electron chi connectivity index (χ1n) is 6.12. The van der Waals surface area contributed by atoms with E-state index in [2.05, 4.69) is 15.9 Å². The molecular formula is C16H13BrF2O. The van der Waals surface area contributed by atoms with E-state index >= 15 is 0 Å². The smallest absolute Gasteiger partial charge is 0.170 e. The fourth-order valence-electron chi connectivity index (χ4n) is 2.00. The second-order valence-corrected chi connectivity index (χ2v) is 5.63. The van der Waals surface area contributed by atoms with Crippen molar-refractivity contribution in [3.63, 3.8) is 0 Å². The lowest BCUT2D eigenvalue weighted by molar-refractivity contribution is 0.0988. The van der Waals surface area contributed by atoms with Crippen LogP contribution in [0.2, 0.25) is 0 Å². The number of ketones is 1. The molecule has 0 unspecified atom stereocenters. The van der Waals surface area contributed by atoms with E-state index < -0.39 is 17.4 Å². The first-order valence-corrected chi connectivity index (χ1v) is 6.91. The zero-order chi connectivity index (χ0) is 14.9. The Labute approximate surface area is 124 Å². The van der Waals surface area contributed by atoms with E-state index in [1.165, 1.54) is 0 Å². The average molecular weight is 339 g/mol. The third-order valence-corrected chi connectivity index (χ3v) is 3.77. The molecule has 0 aliphatic rings. The predicted octanol–water partition coefficient (Wildman–Crippen LogP) is 4.77. The van der Waals surface area contributed by atoms with Crippen LogP contribution in [0.3, 0.4) is 0 Å². The van der Waals surface area contributed by atoms with Crippen molar-refractivity contribution in [3.8, 4) is 0 Å². The van der Waals surface area contributed by atoms with Gasteiger partial charge in [-0.2, -0.15) is 0 Å². The SMILES string of the molecule is Cc1ccc(C)c(CC(=O)c2cc(F)c(Br)cc2F)c1. The van der Waals surface area contributed by atoms with Crippen molar-refractivity contribution in [2.75, 3.05) is 0 Å². The zero-order valence-corrected chi connectivity index (χ0v) is 12.7. The lowest BCUT2D eigenvalue weighted by atomic mass is 9.97. The molecule has 0 fully saturated rings. The van der Waals surface area contributed by atoms with E-state index in [1.54, 1.807) is 0 Å². The van der Waals surface area contributed by atoms with E-state index in [-0.39, 0.29) is 16.5 Å². The monoisotopic (exact) mass is 338 g/mol. The molecule has 0 atom stereocenters. The Morgan fingerprint density at radius 3 is 2.50 bits per heavy atom. The molecule has 0 spiro atoms. The molecule has 0 heterocycles. The molecule has 0 aliphatic heterocycles. The van der Waals surface area contributed by atoms with Crippen molar-refractivity contribution in [2.24, 2.45) is 0 Å². The summed E-state index contributed by atoms with van der Waals surface area (Å²) in [6, 6.07) is 7.67. The summed E-state index contributed by atoms with van der Waals surface area (Å²) in [6.07, 6.45) is 0.0610. The normalized spacial score (nSPS) is 10.7. The van der Waals surface area contributed by atoms with Gasteiger partial charge in [-0.3, -0.25) is 4.79 Å². The Balaban J connectivity index is 2.33. The molecule has 1 nitrogen and oxygen atoms in total. The fourth-order valence-corrected chi connectivity index (χ4v) is 2.31. The first-order chi connectivity index (χ1) is 9.38. The summed E-state index contributed by atoms with van der Waals surface area (Å²) in [4.78, 5) is 12.1. The molecule has 0 aromatic heterocycles. The van der Waals surface area contributed by atoms with Crippen LogP contribution in [0.4, 0.5) is 8.78 Å². The van der Waals surface area contributed by atoms with Crippen LogP contribution in [0.15, 0.2) is 34.8 Å². The molecule has 4 heteroatoms. The second kappa shape index (κ2) is 5.83. The maximum absolute atomic E-state index is 13.7. The summed E-state index contributed by atoms with van der Waals surface area (Å²) < 4.78 is 27.2. The summed E-state index contributed by atoms with van der Waals surface area (Å²) in [6.45, 7) is 3.81. The Morgan fingerprint density at radius 2 is 1.80 bits per heavy atom. The molecule has 2 aromatic rings. The number of carbonyl (C=O) groups excluding carboxylic acids is 1. The van der Waals surface area contributed by atoms with Gasteiger partial charge in [-0.15, -0.1) is 0 Å². The number of hydrogen-bond donors (Lipinski definition) is 0. The minimum atomic E-state index is -0.714. The Bertz CT molecular complexity index is 680. The first kappa shape index (κ1) is 14.9. The zero-order valence-electron chi connectivity index (χ0n) is 11.1. The Hall–Kier alpha value is -1.55. The van der Waals surface area contributed by atoms with E-state index in [1.807, 2.05) is 32.0 Å². The lowest BCUT2D eigenvalue weighted by Gasteiger charge is -2.08. The summed E-state index contributed by atoms with van der Waals surface area (Å²) in [7, 11) is 0. The van der Waals surface area contributed by atoms with Crippen LogP contribution in [0.25, 0.3) is 0 Å². The highest BCUT2D eigenvalue weighted by molar-refractivity contribution is 9.10. The van der Waals surface area contributed by atoms with Crippen LogP contribution in [0, 0.1) is 25.5 Å². The number of hydrogen-bond acceptors (Lipinski definition) is 1. The van der Waals surface area contributed by atoms with Gasteiger partial charge in [0.1, 0.15) is 11.6 Å². The second-order valence-electron chi connectivity index (χ2n) is 4.78. The Morgan fingerprint density at radius 1 is 1.10 bits per heavy atom. The van der Waals surface area contributed by atoms with Gasteiger partial charge >= 0.3 is 0 Å². The molecule has 2 rings (SSSR count). The third kappa shape index (κ3) is 3.12. The van der Waals surface area contributed by atoms with Crippen LogP contribution in [-0.2, 0) is 6.42 Å². The molecular weight excluding hydrogens is 326 g/mol. The van der Waals surface area contributed by atoms with Crippen molar-refractivity contribution in [2.45, 2.75) is 20.3 Å². The highest BCUT2D eigenvalue weighted by atomic mass is 79.9. The minimum absolute atomic E-state index is 0.0123.